The van der Waals surface area contributed by atoms with Crippen LogP contribution in [0.5, 0.6) is 0 Å². The largest absolute Gasteiger partial charge is 0.390 e. The second-order valence-corrected chi connectivity index (χ2v) is 4.38. The molecule has 0 amide bonds. The molecule has 0 spiro atoms. The maximum Gasteiger partial charge on any atom is 0.390 e. The van der Waals surface area contributed by atoms with Crippen molar-refractivity contribution >= 4 is 0 Å². The van der Waals surface area contributed by atoms with Crippen LogP contribution >= 0.6 is 0 Å². The van der Waals surface area contributed by atoms with E-state index in [4.69, 9.17) is 0 Å². The molecule has 0 aliphatic rings. The first-order valence-corrected chi connectivity index (χ1v) is 5.62. The average Bonchev–Trinajstić information content (AvgIpc) is 2.20. The van der Waals surface area contributed by atoms with Crippen molar-refractivity contribution in [2.24, 2.45) is 0 Å². The Hall–Kier alpha value is -1.03. The molecule has 1 nitrogen and oxygen atoms in total. The molecule has 0 saturated heterocycles. The van der Waals surface area contributed by atoms with Gasteiger partial charge in [-0.05, 0) is 44.0 Å². The molecule has 1 N–H and O–H groups in total. The summed E-state index contributed by atoms with van der Waals surface area (Å²) in [4.78, 5) is 0. The van der Waals surface area contributed by atoms with Gasteiger partial charge in [-0.1, -0.05) is 18.2 Å². The van der Waals surface area contributed by atoms with E-state index < -0.39 is 18.6 Å². The van der Waals surface area contributed by atoms with Crippen molar-refractivity contribution in [1.29, 1.82) is 0 Å². The third-order valence-corrected chi connectivity index (χ3v) is 2.98. The highest BCUT2D eigenvalue weighted by Crippen LogP contribution is 2.24. The third kappa shape index (κ3) is 4.38. The van der Waals surface area contributed by atoms with Crippen molar-refractivity contribution in [2.75, 3.05) is 7.05 Å². The number of hydrogen-bond acceptors (Lipinski definition) is 1. The lowest BCUT2D eigenvalue weighted by molar-refractivity contribution is -0.139. The maximum absolute atomic E-state index is 12.4. The fourth-order valence-electron chi connectivity index (χ4n) is 1.97. The zero-order chi connectivity index (χ0) is 13.1. The van der Waals surface area contributed by atoms with Crippen molar-refractivity contribution < 1.29 is 13.2 Å². The summed E-state index contributed by atoms with van der Waals surface area (Å²) in [7, 11) is 1.57. The average molecular weight is 245 g/mol. The topological polar surface area (TPSA) is 12.0 Å². The molecule has 0 aromatic heterocycles. The number of halogens is 3. The second kappa shape index (κ2) is 5.54. The highest BCUT2D eigenvalue weighted by molar-refractivity contribution is 5.34. The van der Waals surface area contributed by atoms with Crippen molar-refractivity contribution in [2.45, 2.75) is 38.9 Å². The lowest BCUT2D eigenvalue weighted by Crippen LogP contribution is -2.33. The standard InChI is InChI=1S/C13H18F3N/c1-9-5-4-6-10(2)12(9)7-11(17-3)8-13(14,15)16/h4-6,11,17H,7-8H2,1-3H3. The van der Waals surface area contributed by atoms with Crippen LogP contribution < -0.4 is 5.32 Å². The molecule has 96 valence electrons. The summed E-state index contributed by atoms with van der Waals surface area (Å²) in [6.07, 6.45) is -4.50. The SMILES string of the molecule is CNC(Cc1c(C)cccc1C)CC(F)(F)F. The van der Waals surface area contributed by atoms with Gasteiger partial charge in [-0.3, -0.25) is 0 Å². The van der Waals surface area contributed by atoms with Gasteiger partial charge in [-0.15, -0.1) is 0 Å². The first-order chi connectivity index (χ1) is 7.83. The fourth-order valence-corrected chi connectivity index (χ4v) is 1.97. The van der Waals surface area contributed by atoms with E-state index in [0.29, 0.717) is 6.42 Å². The first kappa shape index (κ1) is 14.0. The van der Waals surface area contributed by atoms with Crippen LogP contribution in [0.2, 0.25) is 0 Å². The van der Waals surface area contributed by atoms with Crippen LogP contribution in [0.15, 0.2) is 18.2 Å². The lowest BCUT2D eigenvalue weighted by Gasteiger charge is -2.20. The van der Waals surface area contributed by atoms with Gasteiger partial charge in [0, 0.05) is 6.04 Å². The molecule has 0 radical (unpaired) electrons. The molecule has 4 heteroatoms. The summed E-state index contributed by atoms with van der Waals surface area (Å²) in [5, 5.41) is 2.74. The first-order valence-electron chi connectivity index (χ1n) is 5.62. The quantitative estimate of drug-likeness (QED) is 0.857. The van der Waals surface area contributed by atoms with Crippen molar-refractivity contribution in [3.63, 3.8) is 0 Å². The molecule has 0 heterocycles. The summed E-state index contributed by atoms with van der Waals surface area (Å²) < 4.78 is 37.1. The molecule has 1 unspecified atom stereocenters. The predicted octanol–water partition coefficient (Wildman–Crippen LogP) is 3.39. The molecule has 1 rings (SSSR count). The molecule has 0 fully saturated rings. The Bertz CT molecular complexity index is 351. The van der Waals surface area contributed by atoms with Crippen LogP contribution in [0, 0.1) is 13.8 Å². The summed E-state index contributed by atoms with van der Waals surface area (Å²) >= 11 is 0. The van der Waals surface area contributed by atoms with Crippen LogP contribution in [-0.4, -0.2) is 19.3 Å². The molecule has 0 saturated carbocycles. The van der Waals surface area contributed by atoms with Crippen LogP contribution in [0.25, 0.3) is 0 Å². The highest BCUT2D eigenvalue weighted by atomic mass is 19.4. The Morgan fingerprint density at radius 1 is 1.18 bits per heavy atom. The third-order valence-electron chi connectivity index (χ3n) is 2.98. The Morgan fingerprint density at radius 3 is 2.12 bits per heavy atom. The van der Waals surface area contributed by atoms with E-state index in [2.05, 4.69) is 5.32 Å². The predicted molar refractivity (Wildman–Crippen MR) is 63.1 cm³/mol. The Labute approximate surface area is 100 Å². The van der Waals surface area contributed by atoms with Crippen molar-refractivity contribution in [3.8, 4) is 0 Å². The Morgan fingerprint density at radius 2 is 1.71 bits per heavy atom. The number of nitrogens with one attached hydrogen (secondary N) is 1. The zero-order valence-electron chi connectivity index (χ0n) is 10.4. The fraction of sp³-hybridized carbons (Fsp3) is 0.538. The van der Waals surface area contributed by atoms with E-state index in [9.17, 15) is 13.2 Å². The van der Waals surface area contributed by atoms with Gasteiger partial charge >= 0.3 is 6.18 Å². The summed E-state index contributed by atoms with van der Waals surface area (Å²) in [6.45, 7) is 3.87. The monoisotopic (exact) mass is 245 g/mol. The molecule has 1 aromatic rings. The van der Waals surface area contributed by atoms with Crippen LogP contribution in [0.4, 0.5) is 13.2 Å². The summed E-state index contributed by atoms with van der Waals surface area (Å²) in [5.74, 6) is 0. The van der Waals surface area contributed by atoms with Gasteiger partial charge in [-0.2, -0.15) is 13.2 Å². The van der Waals surface area contributed by atoms with Crippen molar-refractivity contribution in [3.05, 3.63) is 34.9 Å². The van der Waals surface area contributed by atoms with E-state index in [0.717, 1.165) is 16.7 Å². The number of likely N-dealkylation sites (N-methyl/N-ethyl adjacent to an activating group) is 1. The molecule has 1 aromatic carbocycles. The van der Waals surface area contributed by atoms with Gasteiger partial charge in [0.25, 0.3) is 0 Å². The van der Waals surface area contributed by atoms with Crippen LogP contribution in [0.1, 0.15) is 23.1 Å². The molecule has 0 aliphatic carbocycles. The number of hydrogen-bond donors (Lipinski definition) is 1. The van der Waals surface area contributed by atoms with Gasteiger partial charge in [-0.25, -0.2) is 0 Å². The number of aryl methyl sites for hydroxylation is 2. The van der Waals surface area contributed by atoms with E-state index in [1.807, 2.05) is 32.0 Å². The van der Waals surface area contributed by atoms with Gasteiger partial charge in [0.15, 0.2) is 0 Å². The van der Waals surface area contributed by atoms with Crippen LogP contribution in [-0.2, 0) is 6.42 Å². The van der Waals surface area contributed by atoms with Gasteiger partial charge < -0.3 is 5.32 Å². The Balaban J connectivity index is 2.81. The lowest BCUT2D eigenvalue weighted by atomic mass is 9.95. The highest BCUT2D eigenvalue weighted by Gasteiger charge is 2.31. The summed E-state index contributed by atoms with van der Waals surface area (Å²) in [6, 6.07) is 5.23. The minimum atomic E-state index is -4.12. The number of benzene rings is 1. The van der Waals surface area contributed by atoms with Crippen molar-refractivity contribution in [1.82, 2.24) is 5.32 Å². The minimum Gasteiger partial charge on any atom is -0.316 e. The zero-order valence-corrected chi connectivity index (χ0v) is 10.4. The molecule has 17 heavy (non-hydrogen) atoms. The Kier molecular flexibility index (Phi) is 4.57. The molecular formula is C13H18F3N. The second-order valence-electron chi connectivity index (χ2n) is 4.38. The number of alkyl halides is 3. The van der Waals surface area contributed by atoms with E-state index >= 15 is 0 Å². The van der Waals surface area contributed by atoms with Gasteiger partial charge in [0.1, 0.15) is 0 Å². The van der Waals surface area contributed by atoms with E-state index in [1.165, 1.54) is 0 Å². The molecule has 0 bridgehead atoms. The normalized spacial score (nSPS) is 13.8. The van der Waals surface area contributed by atoms with Gasteiger partial charge in [0.2, 0.25) is 0 Å². The minimum absolute atomic E-state index is 0.411. The van der Waals surface area contributed by atoms with E-state index in [1.54, 1.807) is 7.05 Å². The van der Waals surface area contributed by atoms with Gasteiger partial charge in [0.05, 0.1) is 6.42 Å². The maximum atomic E-state index is 12.4. The van der Waals surface area contributed by atoms with Crippen LogP contribution in [0.3, 0.4) is 0 Å². The molecular weight excluding hydrogens is 227 g/mol. The molecule has 1 atom stereocenters. The molecule has 0 aliphatic heterocycles. The smallest absolute Gasteiger partial charge is 0.316 e. The summed E-state index contributed by atoms with van der Waals surface area (Å²) in [5.41, 5.74) is 3.11. The van der Waals surface area contributed by atoms with E-state index in [-0.39, 0.29) is 0 Å². The number of rotatable bonds is 4.